The number of fused-ring (bicyclic) bond motifs is 2. The Bertz CT molecular complexity index is 854. The lowest BCUT2D eigenvalue weighted by Crippen LogP contribution is -2.16. The zero-order valence-electron chi connectivity index (χ0n) is 13.3. The molecule has 2 aliphatic heterocycles. The molecule has 2 aliphatic rings. The zero-order chi connectivity index (χ0) is 15.9. The van der Waals surface area contributed by atoms with Gasteiger partial charge in [0.05, 0.1) is 31.1 Å². The van der Waals surface area contributed by atoms with Gasteiger partial charge in [-0.15, -0.1) is 0 Å². The fraction of sp³-hybridized carbons (Fsp3) is 0.438. The van der Waals surface area contributed by atoms with Crippen molar-refractivity contribution in [2.45, 2.75) is 25.5 Å². The van der Waals surface area contributed by atoms with E-state index in [1.54, 1.807) is 6.33 Å². The van der Waals surface area contributed by atoms with E-state index >= 15 is 0 Å². The highest BCUT2D eigenvalue weighted by Gasteiger charge is 2.20. The van der Waals surface area contributed by atoms with Gasteiger partial charge < -0.3 is 15.4 Å². The van der Waals surface area contributed by atoms with Gasteiger partial charge in [-0.1, -0.05) is 0 Å². The maximum Gasteiger partial charge on any atom is 0.178 e. The van der Waals surface area contributed by atoms with Gasteiger partial charge in [0, 0.05) is 18.8 Å². The van der Waals surface area contributed by atoms with Gasteiger partial charge in [0.15, 0.2) is 11.5 Å². The number of rotatable bonds is 3. The van der Waals surface area contributed by atoms with Gasteiger partial charge in [-0.3, -0.25) is 4.68 Å². The molecule has 0 spiro atoms. The summed E-state index contributed by atoms with van der Waals surface area (Å²) in [6.45, 7) is 4.20. The second kappa shape index (κ2) is 5.57. The Balaban J connectivity index is 1.52. The van der Waals surface area contributed by atoms with Crippen LogP contribution in [0.1, 0.15) is 23.6 Å². The fourth-order valence-corrected chi connectivity index (χ4v) is 3.49. The lowest BCUT2D eigenvalue weighted by Gasteiger charge is -2.13. The highest BCUT2D eigenvalue weighted by molar-refractivity contribution is 5.73. The quantitative estimate of drug-likeness (QED) is 0.755. The van der Waals surface area contributed by atoms with E-state index in [-0.39, 0.29) is 0 Å². The van der Waals surface area contributed by atoms with Crippen LogP contribution in [0, 0.1) is 0 Å². The summed E-state index contributed by atoms with van der Waals surface area (Å²) < 4.78 is 9.32. The van der Waals surface area contributed by atoms with Crippen molar-refractivity contribution in [2.24, 2.45) is 0 Å². The largest absolute Gasteiger partial charge is 0.373 e. The van der Waals surface area contributed by atoms with Crippen LogP contribution in [0.25, 0.3) is 5.65 Å². The number of hydrogen-bond donors (Lipinski definition) is 2. The third-order valence-corrected chi connectivity index (χ3v) is 4.75. The minimum Gasteiger partial charge on any atom is -0.373 e. The van der Waals surface area contributed by atoms with Crippen LogP contribution in [-0.2, 0) is 17.9 Å². The fourth-order valence-electron chi connectivity index (χ4n) is 3.49. The van der Waals surface area contributed by atoms with Gasteiger partial charge in [0.25, 0.3) is 0 Å². The van der Waals surface area contributed by atoms with Gasteiger partial charge in [-0.2, -0.15) is 10.2 Å². The molecule has 1 unspecified atom stereocenters. The Morgan fingerprint density at radius 2 is 2.33 bits per heavy atom. The van der Waals surface area contributed by atoms with Gasteiger partial charge >= 0.3 is 0 Å². The van der Waals surface area contributed by atoms with Gasteiger partial charge in [0.2, 0.25) is 0 Å². The van der Waals surface area contributed by atoms with Crippen molar-refractivity contribution in [1.29, 1.82) is 0 Å². The number of nitrogens with one attached hydrogen (secondary N) is 2. The molecule has 24 heavy (non-hydrogen) atoms. The smallest absolute Gasteiger partial charge is 0.178 e. The molecule has 2 N–H and O–H groups in total. The molecule has 5 rings (SSSR count). The monoisotopic (exact) mass is 325 g/mol. The van der Waals surface area contributed by atoms with Crippen LogP contribution in [0.2, 0.25) is 0 Å². The molecule has 8 heteroatoms. The maximum absolute atomic E-state index is 5.48. The van der Waals surface area contributed by atoms with E-state index in [2.05, 4.69) is 38.1 Å². The summed E-state index contributed by atoms with van der Waals surface area (Å²) >= 11 is 0. The van der Waals surface area contributed by atoms with Gasteiger partial charge in [0.1, 0.15) is 6.33 Å². The third kappa shape index (κ3) is 2.35. The molecular formula is C16H19N7O. The molecule has 0 amide bonds. The third-order valence-electron chi connectivity index (χ3n) is 4.75. The molecule has 0 bridgehead atoms. The van der Waals surface area contributed by atoms with Crippen molar-refractivity contribution in [2.75, 3.05) is 25.0 Å². The molecule has 8 nitrogen and oxygen atoms in total. The van der Waals surface area contributed by atoms with E-state index in [9.17, 15) is 0 Å². The Morgan fingerprint density at radius 3 is 3.21 bits per heavy atom. The molecule has 0 aliphatic carbocycles. The molecule has 1 fully saturated rings. The summed E-state index contributed by atoms with van der Waals surface area (Å²) in [5.41, 5.74) is 4.12. The lowest BCUT2D eigenvalue weighted by molar-refractivity contribution is 0.0801. The molecular weight excluding hydrogens is 306 g/mol. The molecule has 0 aromatic carbocycles. The Hall–Kier alpha value is -2.45. The minimum absolute atomic E-state index is 0.516. The van der Waals surface area contributed by atoms with E-state index in [4.69, 9.17) is 4.74 Å². The average molecular weight is 325 g/mol. The van der Waals surface area contributed by atoms with E-state index in [0.29, 0.717) is 19.1 Å². The second-order valence-electron chi connectivity index (χ2n) is 6.33. The molecule has 1 atom stereocenters. The summed E-state index contributed by atoms with van der Waals surface area (Å²) in [5, 5.41) is 15.8. The Morgan fingerprint density at radius 1 is 1.33 bits per heavy atom. The van der Waals surface area contributed by atoms with E-state index < -0.39 is 0 Å². The Kier molecular flexibility index (Phi) is 3.24. The van der Waals surface area contributed by atoms with Crippen molar-refractivity contribution < 1.29 is 4.74 Å². The number of ether oxygens (including phenoxy) is 1. The van der Waals surface area contributed by atoms with Gasteiger partial charge in [-0.25, -0.2) is 9.50 Å². The Labute approximate surface area is 138 Å². The first kappa shape index (κ1) is 13.9. The SMILES string of the molecule is c1nc2c(Nc3cc4n(n3)CCOC4)cc(C3CCNC3)cn2n1. The molecule has 1 saturated heterocycles. The van der Waals surface area contributed by atoms with Crippen LogP contribution in [0.3, 0.4) is 0 Å². The van der Waals surface area contributed by atoms with Crippen LogP contribution < -0.4 is 10.6 Å². The predicted molar refractivity (Wildman–Crippen MR) is 88.4 cm³/mol. The summed E-state index contributed by atoms with van der Waals surface area (Å²) in [6, 6.07) is 4.21. The first-order valence-electron chi connectivity index (χ1n) is 8.32. The highest BCUT2D eigenvalue weighted by Crippen LogP contribution is 2.28. The first-order valence-corrected chi connectivity index (χ1v) is 8.32. The normalized spacial score (nSPS) is 20.4. The summed E-state index contributed by atoms with van der Waals surface area (Å²) in [7, 11) is 0. The van der Waals surface area contributed by atoms with Crippen LogP contribution >= 0.6 is 0 Å². The zero-order valence-corrected chi connectivity index (χ0v) is 13.3. The molecule has 3 aromatic heterocycles. The number of aromatic nitrogens is 5. The minimum atomic E-state index is 0.516. The lowest BCUT2D eigenvalue weighted by atomic mass is 10.00. The van der Waals surface area contributed by atoms with E-state index in [1.807, 2.05) is 15.3 Å². The topological polar surface area (TPSA) is 81.3 Å². The number of hydrogen-bond acceptors (Lipinski definition) is 6. The standard InChI is InChI=1S/C16H19N7O/c1-2-17-7-11(1)12-5-14(16-18-10-19-23(16)8-12)20-15-6-13-9-24-4-3-22(13)21-15/h5-6,8,10-11,17H,1-4,7,9H2,(H,20,21). The number of anilines is 2. The van der Waals surface area contributed by atoms with Crippen LogP contribution in [0.15, 0.2) is 24.7 Å². The van der Waals surface area contributed by atoms with Crippen molar-refractivity contribution >= 4 is 17.2 Å². The summed E-state index contributed by atoms with van der Waals surface area (Å²) in [6.07, 6.45) is 4.82. The van der Waals surface area contributed by atoms with Crippen molar-refractivity contribution in [3.63, 3.8) is 0 Å². The average Bonchev–Trinajstić information content (AvgIpc) is 3.34. The first-order chi connectivity index (χ1) is 11.9. The molecule has 124 valence electrons. The number of pyridine rings is 1. The van der Waals surface area contributed by atoms with Crippen molar-refractivity contribution in [3.05, 3.63) is 35.9 Å². The molecule has 5 heterocycles. The van der Waals surface area contributed by atoms with Crippen LogP contribution in [0.4, 0.5) is 11.5 Å². The molecule has 0 radical (unpaired) electrons. The molecule has 3 aromatic rings. The molecule has 0 saturated carbocycles. The van der Waals surface area contributed by atoms with E-state index in [0.717, 1.165) is 48.9 Å². The van der Waals surface area contributed by atoms with Gasteiger partial charge in [-0.05, 0) is 30.5 Å². The second-order valence-corrected chi connectivity index (χ2v) is 6.33. The number of nitrogens with zero attached hydrogens (tertiary/aromatic N) is 5. The predicted octanol–water partition coefficient (Wildman–Crippen LogP) is 1.28. The maximum atomic E-state index is 5.48. The highest BCUT2D eigenvalue weighted by atomic mass is 16.5. The van der Waals surface area contributed by atoms with Crippen molar-refractivity contribution in [1.82, 2.24) is 29.7 Å². The van der Waals surface area contributed by atoms with Crippen LogP contribution in [0.5, 0.6) is 0 Å². The summed E-state index contributed by atoms with van der Waals surface area (Å²) in [5.74, 6) is 1.34. The summed E-state index contributed by atoms with van der Waals surface area (Å²) in [4.78, 5) is 4.38. The van der Waals surface area contributed by atoms with E-state index in [1.165, 1.54) is 5.56 Å². The van der Waals surface area contributed by atoms with Crippen LogP contribution in [-0.4, -0.2) is 44.1 Å². The van der Waals surface area contributed by atoms with Crippen molar-refractivity contribution in [3.8, 4) is 0 Å².